The van der Waals surface area contributed by atoms with Crippen molar-refractivity contribution in [3.8, 4) is 5.75 Å². The molecule has 1 fully saturated rings. The SMILES string of the molecule is COc1ccc(S(=O)(=O)N2CCC(C(=O)Nc3nc4c(ccc5ccccc54)s3)CC2)cc1. The van der Waals surface area contributed by atoms with Crippen LogP contribution in [0.3, 0.4) is 0 Å². The van der Waals surface area contributed by atoms with Crippen molar-refractivity contribution in [2.24, 2.45) is 5.92 Å². The fraction of sp³-hybridized carbons (Fsp3) is 0.250. The van der Waals surface area contributed by atoms with Gasteiger partial charge in [0.1, 0.15) is 5.75 Å². The fourth-order valence-corrected chi connectivity index (χ4v) is 6.53. The van der Waals surface area contributed by atoms with Crippen molar-refractivity contribution < 1.29 is 17.9 Å². The van der Waals surface area contributed by atoms with Gasteiger partial charge in [0.15, 0.2) is 5.13 Å². The van der Waals surface area contributed by atoms with E-state index in [0.717, 1.165) is 21.0 Å². The van der Waals surface area contributed by atoms with Crippen LogP contribution in [-0.4, -0.2) is 43.8 Å². The van der Waals surface area contributed by atoms with Gasteiger partial charge >= 0.3 is 0 Å². The van der Waals surface area contributed by atoms with Gasteiger partial charge in [0.05, 0.1) is 22.2 Å². The van der Waals surface area contributed by atoms with E-state index >= 15 is 0 Å². The molecule has 0 saturated carbocycles. The average Bonchev–Trinajstić information content (AvgIpc) is 3.27. The van der Waals surface area contributed by atoms with Crippen molar-refractivity contribution in [2.45, 2.75) is 17.7 Å². The first-order valence-corrected chi connectivity index (χ1v) is 12.9. The number of piperidine rings is 1. The number of benzene rings is 3. The summed E-state index contributed by atoms with van der Waals surface area (Å²) >= 11 is 1.45. The second-order valence-corrected chi connectivity index (χ2v) is 11.0. The molecule has 1 aromatic heterocycles. The Labute approximate surface area is 196 Å². The van der Waals surface area contributed by atoms with Crippen LogP contribution in [0.25, 0.3) is 21.0 Å². The second-order valence-electron chi connectivity index (χ2n) is 8.00. The molecule has 170 valence electrons. The van der Waals surface area contributed by atoms with E-state index in [-0.39, 0.29) is 16.7 Å². The molecule has 0 unspecified atom stereocenters. The summed E-state index contributed by atoms with van der Waals surface area (Å²) in [6, 6.07) is 18.5. The molecule has 5 rings (SSSR count). The van der Waals surface area contributed by atoms with Gasteiger partial charge in [-0.2, -0.15) is 4.31 Å². The van der Waals surface area contributed by atoms with Gasteiger partial charge in [-0.25, -0.2) is 13.4 Å². The lowest BCUT2D eigenvalue weighted by Gasteiger charge is -2.30. The number of hydrogen-bond donors (Lipinski definition) is 1. The van der Waals surface area contributed by atoms with E-state index in [1.165, 1.54) is 22.8 Å². The summed E-state index contributed by atoms with van der Waals surface area (Å²) in [4.78, 5) is 17.8. The first-order valence-electron chi connectivity index (χ1n) is 10.7. The number of anilines is 1. The largest absolute Gasteiger partial charge is 0.497 e. The standard InChI is InChI=1S/C24H23N3O4S2/c1-31-18-7-9-19(10-8-18)33(29,30)27-14-12-17(13-15-27)23(28)26-24-25-22-20-5-3-2-4-16(20)6-11-21(22)32-24/h2-11,17H,12-15H2,1H3,(H,25,26,28). The highest BCUT2D eigenvalue weighted by molar-refractivity contribution is 7.89. The molecule has 1 aliphatic heterocycles. The maximum Gasteiger partial charge on any atom is 0.243 e. The van der Waals surface area contributed by atoms with Crippen LogP contribution in [0.4, 0.5) is 5.13 Å². The van der Waals surface area contributed by atoms with Crippen LogP contribution in [0.1, 0.15) is 12.8 Å². The number of aromatic nitrogens is 1. The number of carbonyl (C=O) groups is 1. The number of nitrogens with one attached hydrogen (secondary N) is 1. The third-order valence-electron chi connectivity index (χ3n) is 6.04. The lowest BCUT2D eigenvalue weighted by Crippen LogP contribution is -2.41. The van der Waals surface area contributed by atoms with E-state index in [9.17, 15) is 13.2 Å². The van der Waals surface area contributed by atoms with Crippen LogP contribution in [0.5, 0.6) is 5.75 Å². The van der Waals surface area contributed by atoms with Crippen molar-refractivity contribution in [3.05, 3.63) is 60.7 Å². The molecule has 1 N–H and O–H groups in total. The molecule has 7 nitrogen and oxygen atoms in total. The predicted molar refractivity (Wildman–Crippen MR) is 130 cm³/mol. The van der Waals surface area contributed by atoms with Gasteiger partial charge in [-0.1, -0.05) is 41.7 Å². The average molecular weight is 482 g/mol. The van der Waals surface area contributed by atoms with Gasteiger partial charge in [-0.05, 0) is 48.6 Å². The maximum absolute atomic E-state index is 12.9. The zero-order valence-electron chi connectivity index (χ0n) is 18.0. The van der Waals surface area contributed by atoms with Crippen LogP contribution >= 0.6 is 11.3 Å². The highest BCUT2D eigenvalue weighted by Crippen LogP contribution is 2.32. The van der Waals surface area contributed by atoms with Gasteiger partial charge in [0.2, 0.25) is 15.9 Å². The molecule has 2 heterocycles. The van der Waals surface area contributed by atoms with E-state index in [1.54, 1.807) is 24.3 Å². The Morgan fingerprint density at radius 3 is 2.52 bits per heavy atom. The first kappa shape index (κ1) is 21.8. The minimum atomic E-state index is -3.60. The number of fused-ring (bicyclic) bond motifs is 3. The van der Waals surface area contributed by atoms with Crippen molar-refractivity contribution in [1.29, 1.82) is 0 Å². The first-order chi connectivity index (χ1) is 16.0. The Balaban J connectivity index is 1.25. The van der Waals surface area contributed by atoms with Gasteiger partial charge in [-0.15, -0.1) is 0 Å². The van der Waals surface area contributed by atoms with Crippen LogP contribution in [0, 0.1) is 5.92 Å². The molecule has 9 heteroatoms. The number of thiazole rings is 1. The van der Waals surface area contributed by atoms with Crippen LogP contribution in [0.2, 0.25) is 0 Å². The quantitative estimate of drug-likeness (QED) is 0.454. The molecular weight excluding hydrogens is 458 g/mol. The number of nitrogens with zero attached hydrogens (tertiary/aromatic N) is 2. The molecule has 0 atom stereocenters. The molecule has 33 heavy (non-hydrogen) atoms. The van der Waals surface area contributed by atoms with Gasteiger partial charge in [0, 0.05) is 24.4 Å². The minimum absolute atomic E-state index is 0.111. The van der Waals surface area contributed by atoms with Gasteiger partial charge < -0.3 is 10.1 Å². The Morgan fingerprint density at radius 1 is 1.06 bits per heavy atom. The highest BCUT2D eigenvalue weighted by Gasteiger charge is 2.32. The summed E-state index contributed by atoms with van der Waals surface area (Å²) in [6.07, 6.45) is 0.935. The minimum Gasteiger partial charge on any atom is -0.497 e. The van der Waals surface area contributed by atoms with Crippen LogP contribution in [-0.2, 0) is 14.8 Å². The Kier molecular flexibility index (Phi) is 5.77. The number of hydrogen-bond acceptors (Lipinski definition) is 6. The van der Waals surface area contributed by atoms with Crippen molar-refractivity contribution in [2.75, 3.05) is 25.5 Å². The van der Waals surface area contributed by atoms with Crippen molar-refractivity contribution in [3.63, 3.8) is 0 Å². The fourth-order valence-electron chi connectivity index (χ4n) is 4.18. The van der Waals surface area contributed by atoms with E-state index < -0.39 is 10.0 Å². The van der Waals surface area contributed by atoms with E-state index in [4.69, 9.17) is 4.74 Å². The number of ether oxygens (including phenoxy) is 1. The molecule has 0 aliphatic carbocycles. The second kappa shape index (κ2) is 8.74. The lowest BCUT2D eigenvalue weighted by atomic mass is 9.97. The Hall–Kier alpha value is -3.01. The summed E-state index contributed by atoms with van der Waals surface area (Å²) in [5.74, 6) is 0.239. The molecule has 1 saturated heterocycles. The van der Waals surface area contributed by atoms with E-state index in [2.05, 4.69) is 16.4 Å². The van der Waals surface area contributed by atoms with Crippen LogP contribution in [0.15, 0.2) is 65.6 Å². The summed E-state index contributed by atoms with van der Waals surface area (Å²) in [5.41, 5.74) is 0.883. The summed E-state index contributed by atoms with van der Waals surface area (Å²) < 4.78 is 33.4. The Bertz CT molecular complexity index is 1420. The van der Waals surface area contributed by atoms with Gasteiger partial charge in [0.25, 0.3) is 0 Å². The molecular formula is C24H23N3O4S2. The smallest absolute Gasteiger partial charge is 0.243 e. The molecule has 1 amide bonds. The molecule has 4 aromatic rings. The molecule has 1 aliphatic rings. The molecule has 0 spiro atoms. The lowest BCUT2D eigenvalue weighted by molar-refractivity contribution is -0.120. The number of sulfonamides is 1. The molecule has 0 radical (unpaired) electrons. The number of rotatable bonds is 5. The van der Waals surface area contributed by atoms with Crippen molar-refractivity contribution in [1.82, 2.24) is 9.29 Å². The van der Waals surface area contributed by atoms with E-state index in [0.29, 0.717) is 36.8 Å². The maximum atomic E-state index is 12.9. The van der Waals surface area contributed by atoms with E-state index in [1.807, 2.05) is 30.3 Å². The van der Waals surface area contributed by atoms with Gasteiger partial charge in [-0.3, -0.25) is 4.79 Å². The monoisotopic (exact) mass is 481 g/mol. The molecule has 3 aromatic carbocycles. The van der Waals surface area contributed by atoms with Crippen molar-refractivity contribution >= 4 is 53.4 Å². The summed E-state index contributed by atoms with van der Waals surface area (Å²) in [5, 5.41) is 5.69. The number of amides is 1. The summed E-state index contributed by atoms with van der Waals surface area (Å²) in [7, 11) is -2.06. The van der Waals surface area contributed by atoms with Crippen LogP contribution < -0.4 is 10.1 Å². The third kappa shape index (κ3) is 4.19. The topological polar surface area (TPSA) is 88.6 Å². The molecule has 0 bridgehead atoms. The third-order valence-corrected chi connectivity index (χ3v) is 8.88. The normalized spacial score (nSPS) is 15.7. The number of carbonyl (C=O) groups excluding carboxylic acids is 1. The summed E-state index contributed by atoms with van der Waals surface area (Å²) in [6.45, 7) is 0.605. The Morgan fingerprint density at radius 2 is 1.79 bits per heavy atom. The predicted octanol–water partition coefficient (Wildman–Crippen LogP) is 4.50. The highest BCUT2D eigenvalue weighted by atomic mass is 32.2. The zero-order valence-corrected chi connectivity index (χ0v) is 19.7. The zero-order chi connectivity index (χ0) is 23.0. The number of methoxy groups -OCH3 is 1.